The van der Waals surface area contributed by atoms with Crippen LogP contribution in [0, 0.1) is 27.7 Å². The van der Waals surface area contributed by atoms with E-state index in [9.17, 15) is 5.11 Å². The normalized spacial score (nSPS) is 20.9. The van der Waals surface area contributed by atoms with E-state index in [1.165, 1.54) is 35.1 Å². The van der Waals surface area contributed by atoms with Crippen molar-refractivity contribution in [3.05, 3.63) is 33.9 Å². The minimum Gasteiger partial charge on any atom is -0.388 e. The SMILES string of the molecule is Cc1cc(C)c(C)c(C(O)CCC2CCCCO2)c1C. The van der Waals surface area contributed by atoms with E-state index in [1.54, 1.807) is 0 Å². The zero-order valence-corrected chi connectivity index (χ0v) is 13.3. The highest BCUT2D eigenvalue weighted by Crippen LogP contribution is 2.31. The van der Waals surface area contributed by atoms with Gasteiger partial charge in [-0.25, -0.2) is 0 Å². The van der Waals surface area contributed by atoms with E-state index in [2.05, 4.69) is 33.8 Å². The molecule has 1 N–H and O–H groups in total. The second-order valence-corrected chi connectivity index (χ2v) is 6.26. The minimum atomic E-state index is -0.362. The summed E-state index contributed by atoms with van der Waals surface area (Å²) in [5.74, 6) is 0. The van der Waals surface area contributed by atoms with Crippen LogP contribution in [-0.2, 0) is 4.74 Å². The third kappa shape index (κ3) is 3.42. The van der Waals surface area contributed by atoms with Crippen molar-refractivity contribution in [2.75, 3.05) is 6.61 Å². The molecule has 112 valence electrons. The first kappa shape index (κ1) is 15.5. The second-order valence-electron chi connectivity index (χ2n) is 6.26. The van der Waals surface area contributed by atoms with Gasteiger partial charge >= 0.3 is 0 Å². The standard InChI is InChI=1S/C18H28O2/c1-12-11-13(2)15(4)18(14(12)3)17(19)9-8-16-7-5-6-10-20-16/h11,16-17,19H,5-10H2,1-4H3. The van der Waals surface area contributed by atoms with Crippen LogP contribution in [-0.4, -0.2) is 17.8 Å². The maximum atomic E-state index is 10.6. The molecule has 1 aliphatic rings. The van der Waals surface area contributed by atoms with Gasteiger partial charge in [-0.2, -0.15) is 0 Å². The first-order valence-electron chi connectivity index (χ1n) is 7.87. The fourth-order valence-electron chi connectivity index (χ4n) is 3.27. The van der Waals surface area contributed by atoms with Gasteiger partial charge in [-0.05, 0) is 87.6 Å². The molecule has 1 aromatic rings. The van der Waals surface area contributed by atoms with E-state index < -0.39 is 0 Å². The van der Waals surface area contributed by atoms with Crippen LogP contribution < -0.4 is 0 Å². The number of benzene rings is 1. The lowest BCUT2D eigenvalue weighted by Gasteiger charge is -2.25. The smallest absolute Gasteiger partial charge is 0.0796 e. The minimum absolute atomic E-state index is 0.352. The first-order chi connectivity index (χ1) is 9.50. The number of hydrogen-bond acceptors (Lipinski definition) is 2. The van der Waals surface area contributed by atoms with Crippen molar-refractivity contribution in [1.82, 2.24) is 0 Å². The van der Waals surface area contributed by atoms with Crippen LogP contribution >= 0.6 is 0 Å². The Balaban J connectivity index is 2.06. The van der Waals surface area contributed by atoms with Crippen molar-refractivity contribution in [2.24, 2.45) is 0 Å². The molecular formula is C18H28O2. The van der Waals surface area contributed by atoms with Crippen molar-refractivity contribution in [3.8, 4) is 0 Å². The topological polar surface area (TPSA) is 29.5 Å². The Kier molecular flexibility index (Phi) is 5.22. The monoisotopic (exact) mass is 276 g/mol. The van der Waals surface area contributed by atoms with Gasteiger partial charge in [0.2, 0.25) is 0 Å². The fraction of sp³-hybridized carbons (Fsp3) is 0.667. The molecule has 0 spiro atoms. The predicted octanol–water partition coefficient (Wildman–Crippen LogP) is 4.30. The summed E-state index contributed by atoms with van der Waals surface area (Å²) in [6, 6.07) is 2.21. The van der Waals surface area contributed by atoms with Gasteiger partial charge in [-0.1, -0.05) is 6.07 Å². The molecule has 1 saturated heterocycles. The maximum Gasteiger partial charge on any atom is 0.0796 e. The number of ether oxygens (including phenoxy) is 1. The highest BCUT2D eigenvalue weighted by molar-refractivity contribution is 5.45. The molecule has 1 fully saturated rings. The van der Waals surface area contributed by atoms with Crippen molar-refractivity contribution < 1.29 is 9.84 Å². The summed E-state index contributed by atoms with van der Waals surface area (Å²) in [6.07, 6.45) is 5.36. The molecule has 1 aromatic carbocycles. The summed E-state index contributed by atoms with van der Waals surface area (Å²) in [4.78, 5) is 0. The van der Waals surface area contributed by atoms with Crippen molar-refractivity contribution >= 4 is 0 Å². The van der Waals surface area contributed by atoms with E-state index in [0.29, 0.717) is 6.10 Å². The Morgan fingerprint density at radius 3 is 2.35 bits per heavy atom. The third-order valence-electron chi connectivity index (χ3n) is 4.79. The van der Waals surface area contributed by atoms with Gasteiger partial charge in [0.1, 0.15) is 0 Å². The molecule has 2 unspecified atom stereocenters. The highest BCUT2D eigenvalue weighted by atomic mass is 16.5. The molecule has 0 bridgehead atoms. The molecule has 1 heterocycles. The summed E-state index contributed by atoms with van der Waals surface area (Å²) in [7, 11) is 0. The van der Waals surface area contributed by atoms with Gasteiger partial charge < -0.3 is 9.84 Å². The molecular weight excluding hydrogens is 248 g/mol. The fourth-order valence-corrected chi connectivity index (χ4v) is 3.27. The molecule has 0 aromatic heterocycles. The van der Waals surface area contributed by atoms with Crippen LogP contribution in [0.15, 0.2) is 6.07 Å². The Bertz CT molecular complexity index is 433. The average Bonchev–Trinajstić information content (AvgIpc) is 2.44. The summed E-state index contributed by atoms with van der Waals surface area (Å²) >= 11 is 0. The number of rotatable bonds is 4. The van der Waals surface area contributed by atoms with Gasteiger partial charge in [0.05, 0.1) is 12.2 Å². The zero-order chi connectivity index (χ0) is 14.7. The maximum absolute atomic E-state index is 10.6. The van der Waals surface area contributed by atoms with Crippen LogP contribution in [0.3, 0.4) is 0 Å². The number of aliphatic hydroxyl groups is 1. The molecule has 0 saturated carbocycles. The van der Waals surface area contributed by atoms with Crippen LogP contribution in [0.1, 0.15) is 66.0 Å². The Morgan fingerprint density at radius 1 is 1.15 bits per heavy atom. The predicted molar refractivity (Wildman–Crippen MR) is 83.2 cm³/mol. The van der Waals surface area contributed by atoms with E-state index in [4.69, 9.17) is 4.74 Å². The molecule has 2 heteroatoms. The quantitative estimate of drug-likeness (QED) is 0.888. The van der Waals surface area contributed by atoms with Crippen LogP contribution in [0.4, 0.5) is 0 Å². The van der Waals surface area contributed by atoms with E-state index in [0.717, 1.165) is 31.4 Å². The molecule has 0 amide bonds. The molecule has 2 atom stereocenters. The van der Waals surface area contributed by atoms with Gasteiger partial charge in [0.15, 0.2) is 0 Å². The highest BCUT2D eigenvalue weighted by Gasteiger charge is 2.20. The number of hydrogen-bond donors (Lipinski definition) is 1. The van der Waals surface area contributed by atoms with Crippen LogP contribution in [0.2, 0.25) is 0 Å². The average molecular weight is 276 g/mol. The second kappa shape index (κ2) is 6.73. The Hall–Kier alpha value is -0.860. The summed E-state index contributed by atoms with van der Waals surface area (Å²) in [5, 5.41) is 10.6. The summed E-state index contributed by atoms with van der Waals surface area (Å²) in [5.41, 5.74) is 6.17. The van der Waals surface area contributed by atoms with Crippen LogP contribution in [0.5, 0.6) is 0 Å². The van der Waals surface area contributed by atoms with Crippen molar-refractivity contribution in [3.63, 3.8) is 0 Å². The van der Waals surface area contributed by atoms with Crippen LogP contribution in [0.25, 0.3) is 0 Å². The lowest BCUT2D eigenvalue weighted by atomic mass is 9.88. The molecule has 20 heavy (non-hydrogen) atoms. The number of aliphatic hydroxyl groups excluding tert-OH is 1. The zero-order valence-electron chi connectivity index (χ0n) is 13.3. The van der Waals surface area contributed by atoms with E-state index in [-0.39, 0.29) is 6.10 Å². The molecule has 0 aliphatic carbocycles. The largest absolute Gasteiger partial charge is 0.388 e. The number of aryl methyl sites for hydroxylation is 2. The summed E-state index contributed by atoms with van der Waals surface area (Å²) < 4.78 is 5.76. The molecule has 2 rings (SSSR count). The van der Waals surface area contributed by atoms with Gasteiger partial charge in [0, 0.05) is 6.61 Å². The molecule has 0 radical (unpaired) electrons. The lowest BCUT2D eigenvalue weighted by Crippen LogP contribution is -2.20. The van der Waals surface area contributed by atoms with E-state index in [1.807, 2.05) is 0 Å². The Labute approximate surface area is 123 Å². The first-order valence-corrected chi connectivity index (χ1v) is 7.87. The van der Waals surface area contributed by atoms with Crippen molar-refractivity contribution in [2.45, 2.75) is 72.0 Å². The van der Waals surface area contributed by atoms with Gasteiger partial charge in [-0.15, -0.1) is 0 Å². The van der Waals surface area contributed by atoms with Crippen molar-refractivity contribution in [1.29, 1.82) is 0 Å². The molecule has 1 aliphatic heterocycles. The third-order valence-corrected chi connectivity index (χ3v) is 4.79. The summed E-state index contributed by atoms with van der Waals surface area (Å²) in [6.45, 7) is 9.39. The Morgan fingerprint density at radius 2 is 1.80 bits per heavy atom. The lowest BCUT2D eigenvalue weighted by molar-refractivity contribution is 0.00204. The van der Waals surface area contributed by atoms with E-state index >= 15 is 0 Å². The van der Waals surface area contributed by atoms with Gasteiger partial charge in [-0.3, -0.25) is 0 Å². The molecule has 2 nitrogen and oxygen atoms in total. The van der Waals surface area contributed by atoms with Gasteiger partial charge in [0.25, 0.3) is 0 Å².